The first-order chi connectivity index (χ1) is 14.8. The quantitative estimate of drug-likeness (QED) is 0.518. The SMILES string of the molecule is Cc1cn2c(C(=O)NNC3CCCC3O)c(C)nc2c(OCc2c(F)cccc2F)n1. The highest BCUT2D eigenvalue weighted by atomic mass is 19.1. The number of aromatic nitrogens is 3. The second kappa shape index (κ2) is 8.56. The maximum Gasteiger partial charge on any atom is 0.284 e. The molecule has 2 unspecified atom stereocenters. The van der Waals surface area contributed by atoms with Gasteiger partial charge in [-0.3, -0.25) is 14.6 Å². The van der Waals surface area contributed by atoms with E-state index in [-0.39, 0.29) is 35.4 Å². The molecule has 1 aromatic carbocycles. The van der Waals surface area contributed by atoms with Crippen LogP contribution in [0, 0.1) is 25.5 Å². The first kappa shape index (κ1) is 21.1. The second-order valence-electron chi connectivity index (χ2n) is 7.62. The molecular weight excluding hydrogens is 408 g/mol. The highest BCUT2D eigenvalue weighted by Gasteiger charge is 2.27. The molecule has 3 N–H and O–H groups in total. The topological polar surface area (TPSA) is 101 Å². The molecule has 0 radical (unpaired) electrons. The zero-order valence-electron chi connectivity index (χ0n) is 17.2. The van der Waals surface area contributed by atoms with Crippen LogP contribution in [0.4, 0.5) is 8.78 Å². The summed E-state index contributed by atoms with van der Waals surface area (Å²) in [4.78, 5) is 21.5. The van der Waals surface area contributed by atoms with Crippen LogP contribution >= 0.6 is 0 Å². The number of ether oxygens (including phenoxy) is 1. The number of carbonyl (C=O) groups excluding carboxylic acids is 1. The number of hydrazine groups is 1. The summed E-state index contributed by atoms with van der Waals surface area (Å²) in [6.45, 7) is 3.00. The van der Waals surface area contributed by atoms with Crippen LogP contribution in [-0.4, -0.2) is 37.5 Å². The molecule has 0 saturated heterocycles. The molecule has 1 aliphatic carbocycles. The lowest BCUT2D eigenvalue weighted by Crippen LogP contribution is -2.47. The smallest absolute Gasteiger partial charge is 0.284 e. The Hall–Kier alpha value is -3.11. The number of aliphatic hydroxyl groups excluding tert-OH is 1. The van der Waals surface area contributed by atoms with E-state index in [1.807, 2.05) is 0 Å². The summed E-state index contributed by atoms with van der Waals surface area (Å²) in [5.74, 6) is -1.81. The van der Waals surface area contributed by atoms with Gasteiger partial charge in [-0.2, -0.15) is 0 Å². The molecule has 2 atom stereocenters. The molecule has 1 amide bonds. The number of imidazole rings is 1. The van der Waals surface area contributed by atoms with Crippen LogP contribution in [0.15, 0.2) is 24.4 Å². The van der Waals surface area contributed by atoms with Crippen LogP contribution in [0.5, 0.6) is 5.88 Å². The van der Waals surface area contributed by atoms with E-state index in [0.717, 1.165) is 25.0 Å². The average Bonchev–Trinajstić information content (AvgIpc) is 3.27. The van der Waals surface area contributed by atoms with Crippen molar-refractivity contribution in [3.8, 4) is 5.88 Å². The minimum absolute atomic E-state index is 0.0592. The maximum atomic E-state index is 13.9. The molecule has 4 rings (SSSR count). The van der Waals surface area contributed by atoms with Crippen molar-refractivity contribution < 1.29 is 23.4 Å². The molecule has 1 saturated carbocycles. The Labute approximate surface area is 177 Å². The summed E-state index contributed by atoms with van der Waals surface area (Å²) in [5.41, 5.74) is 6.78. The van der Waals surface area contributed by atoms with Crippen LogP contribution in [0.3, 0.4) is 0 Å². The van der Waals surface area contributed by atoms with Gasteiger partial charge in [-0.25, -0.2) is 24.2 Å². The Bertz CT molecular complexity index is 1110. The minimum atomic E-state index is -0.719. The number of aliphatic hydroxyl groups is 1. The molecule has 8 nitrogen and oxygen atoms in total. The molecule has 0 bridgehead atoms. The van der Waals surface area contributed by atoms with Crippen molar-refractivity contribution in [3.05, 3.63) is 58.7 Å². The number of fused-ring (bicyclic) bond motifs is 1. The highest BCUT2D eigenvalue weighted by molar-refractivity contribution is 5.94. The van der Waals surface area contributed by atoms with Crippen LogP contribution < -0.4 is 15.6 Å². The molecule has 2 heterocycles. The molecule has 3 aromatic rings. The number of aryl methyl sites for hydroxylation is 2. The van der Waals surface area contributed by atoms with Gasteiger partial charge in [0, 0.05) is 6.20 Å². The molecule has 164 valence electrons. The molecule has 0 spiro atoms. The molecule has 2 aromatic heterocycles. The summed E-state index contributed by atoms with van der Waals surface area (Å²) in [5, 5.41) is 9.91. The lowest BCUT2D eigenvalue weighted by molar-refractivity contribution is 0.0884. The van der Waals surface area contributed by atoms with Gasteiger partial charge in [0.1, 0.15) is 23.9 Å². The van der Waals surface area contributed by atoms with E-state index < -0.39 is 23.6 Å². The molecule has 1 aliphatic rings. The zero-order valence-corrected chi connectivity index (χ0v) is 17.2. The van der Waals surface area contributed by atoms with E-state index in [4.69, 9.17) is 4.74 Å². The first-order valence-corrected chi connectivity index (χ1v) is 10.0. The van der Waals surface area contributed by atoms with Crippen molar-refractivity contribution in [2.75, 3.05) is 0 Å². The third-order valence-electron chi connectivity index (χ3n) is 5.35. The van der Waals surface area contributed by atoms with Crippen molar-refractivity contribution in [1.82, 2.24) is 25.2 Å². The summed E-state index contributed by atoms with van der Waals surface area (Å²) >= 11 is 0. The van der Waals surface area contributed by atoms with Crippen molar-refractivity contribution >= 4 is 11.6 Å². The minimum Gasteiger partial charge on any atom is -0.470 e. The van der Waals surface area contributed by atoms with E-state index in [0.29, 0.717) is 17.8 Å². The largest absolute Gasteiger partial charge is 0.470 e. The number of carbonyl (C=O) groups is 1. The van der Waals surface area contributed by atoms with Crippen LogP contribution in [-0.2, 0) is 6.61 Å². The van der Waals surface area contributed by atoms with Gasteiger partial charge in [0.15, 0.2) is 0 Å². The number of rotatable bonds is 6. The predicted octanol–water partition coefficient (Wildman–Crippen LogP) is 2.35. The van der Waals surface area contributed by atoms with Crippen molar-refractivity contribution in [3.63, 3.8) is 0 Å². The average molecular weight is 431 g/mol. The van der Waals surface area contributed by atoms with Crippen molar-refractivity contribution in [1.29, 1.82) is 0 Å². The van der Waals surface area contributed by atoms with Gasteiger partial charge in [0.2, 0.25) is 5.65 Å². The van der Waals surface area contributed by atoms with Crippen LogP contribution in [0.25, 0.3) is 5.65 Å². The summed E-state index contributed by atoms with van der Waals surface area (Å²) in [6, 6.07) is 3.37. The van der Waals surface area contributed by atoms with Gasteiger partial charge in [0.05, 0.1) is 29.1 Å². The Balaban J connectivity index is 1.59. The Kier molecular flexibility index (Phi) is 5.84. The Morgan fingerprint density at radius 3 is 2.68 bits per heavy atom. The fraction of sp³-hybridized carbons (Fsp3) is 0.381. The normalized spacial score (nSPS) is 18.5. The van der Waals surface area contributed by atoms with Gasteiger partial charge in [0.25, 0.3) is 11.8 Å². The van der Waals surface area contributed by atoms with Gasteiger partial charge in [-0.15, -0.1) is 0 Å². The molecule has 31 heavy (non-hydrogen) atoms. The summed E-state index contributed by atoms with van der Waals surface area (Å²) < 4.78 is 35.0. The van der Waals surface area contributed by atoms with Crippen molar-refractivity contribution in [2.45, 2.75) is 51.9 Å². The Morgan fingerprint density at radius 1 is 1.26 bits per heavy atom. The predicted molar refractivity (Wildman–Crippen MR) is 107 cm³/mol. The van der Waals surface area contributed by atoms with E-state index in [2.05, 4.69) is 20.8 Å². The van der Waals surface area contributed by atoms with Gasteiger partial charge in [-0.05, 0) is 45.2 Å². The lowest BCUT2D eigenvalue weighted by Gasteiger charge is -2.17. The summed E-state index contributed by atoms with van der Waals surface area (Å²) in [7, 11) is 0. The third kappa shape index (κ3) is 4.21. The number of nitrogens with zero attached hydrogens (tertiary/aromatic N) is 3. The van der Waals surface area contributed by atoms with E-state index >= 15 is 0 Å². The van der Waals surface area contributed by atoms with E-state index in [1.165, 1.54) is 10.5 Å². The third-order valence-corrected chi connectivity index (χ3v) is 5.35. The summed E-state index contributed by atoms with van der Waals surface area (Å²) in [6.07, 6.45) is 3.47. The fourth-order valence-corrected chi connectivity index (χ4v) is 3.76. The molecular formula is C21H23F2N5O3. The van der Waals surface area contributed by atoms with E-state index in [1.54, 1.807) is 20.0 Å². The van der Waals surface area contributed by atoms with Crippen LogP contribution in [0.2, 0.25) is 0 Å². The lowest BCUT2D eigenvalue weighted by atomic mass is 10.2. The van der Waals surface area contributed by atoms with Gasteiger partial charge in [-0.1, -0.05) is 6.07 Å². The second-order valence-corrected chi connectivity index (χ2v) is 7.62. The number of amides is 1. The van der Waals surface area contributed by atoms with Crippen LogP contribution in [0.1, 0.15) is 46.7 Å². The number of benzene rings is 1. The monoisotopic (exact) mass is 431 g/mol. The van der Waals surface area contributed by atoms with E-state index in [9.17, 15) is 18.7 Å². The number of nitrogens with one attached hydrogen (secondary N) is 2. The standard InChI is InChI=1S/C21H23F2N5O3/c1-11-9-28-18(20(30)27-26-16-7-4-8-17(16)29)12(2)25-19(28)21(24-11)31-10-13-14(22)5-3-6-15(13)23/h3,5-6,9,16-17,26,29H,4,7-8,10H2,1-2H3,(H,27,30). The zero-order chi connectivity index (χ0) is 22.1. The van der Waals surface area contributed by atoms with Gasteiger partial charge < -0.3 is 9.84 Å². The Morgan fingerprint density at radius 2 is 2.00 bits per heavy atom. The molecule has 1 fully saturated rings. The maximum absolute atomic E-state index is 13.9. The highest BCUT2D eigenvalue weighted by Crippen LogP contribution is 2.23. The number of hydrogen-bond acceptors (Lipinski definition) is 6. The molecule has 0 aliphatic heterocycles. The van der Waals surface area contributed by atoms with Crippen molar-refractivity contribution in [2.24, 2.45) is 0 Å². The van der Waals surface area contributed by atoms with Gasteiger partial charge >= 0.3 is 0 Å². The fourth-order valence-electron chi connectivity index (χ4n) is 3.76. The first-order valence-electron chi connectivity index (χ1n) is 10.0. The number of hydrogen-bond donors (Lipinski definition) is 3. The molecule has 10 heteroatoms. The number of halogens is 2.